The minimum atomic E-state index is -1.02. The molecule has 5 nitrogen and oxygen atoms in total. The lowest BCUT2D eigenvalue weighted by Crippen LogP contribution is -2.16. The van der Waals surface area contributed by atoms with Crippen molar-refractivity contribution in [3.05, 3.63) is 58.1 Å². The SMILES string of the molecule is Cc1ccc(C(=O)O)cc1-c1cc([C@H](CN)CC(=O)O)ccc1Cl.Cl. The number of hydrogen-bond acceptors (Lipinski definition) is 3. The van der Waals surface area contributed by atoms with Crippen LogP contribution in [0.3, 0.4) is 0 Å². The lowest BCUT2D eigenvalue weighted by molar-refractivity contribution is -0.137. The molecule has 0 spiro atoms. The van der Waals surface area contributed by atoms with Gasteiger partial charge >= 0.3 is 11.9 Å². The highest BCUT2D eigenvalue weighted by Crippen LogP contribution is 2.34. The first-order valence-electron chi connectivity index (χ1n) is 7.39. The van der Waals surface area contributed by atoms with Crippen LogP contribution in [0.2, 0.25) is 5.02 Å². The summed E-state index contributed by atoms with van der Waals surface area (Å²) in [6.45, 7) is 2.06. The Balaban J connectivity index is 0.00000312. The smallest absolute Gasteiger partial charge is 0.335 e. The van der Waals surface area contributed by atoms with Crippen LogP contribution in [-0.4, -0.2) is 28.7 Å². The fourth-order valence-corrected chi connectivity index (χ4v) is 2.82. The summed E-state index contributed by atoms with van der Waals surface area (Å²) in [5.41, 5.74) is 8.87. The number of carboxylic acid groups (broad SMARTS) is 2. The highest BCUT2D eigenvalue weighted by molar-refractivity contribution is 6.33. The number of rotatable bonds is 6. The number of carboxylic acids is 2. The first-order valence-corrected chi connectivity index (χ1v) is 7.77. The number of hydrogen-bond donors (Lipinski definition) is 3. The number of halogens is 2. The van der Waals surface area contributed by atoms with Crippen molar-refractivity contribution in [2.75, 3.05) is 6.54 Å². The lowest BCUT2D eigenvalue weighted by atomic mass is 9.91. The van der Waals surface area contributed by atoms with Gasteiger partial charge in [0.2, 0.25) is 0 Å². The molecule has 4 N–H and O–H groups in total. The second-order valence-electron chi connectivity index (χ2n) is 5.60. The van der Waals surface area contributed by atoms with Crippen molar-refractivity contribution < 1.29 is 19.8 Å². The van der Waals surface area contributed by atoms with Gasteiger partial charge in [0.25, 0.3) is 0 Å². The Morgan fingerprint density at radius 1 is 1.12 bits per heavy atom. The molecule has 2 rings (SSSR count). The van der Waals surface area contributed by atoms with Gasteiger partial charge in [0.15, 0.2) is 0 Å². The fraction of sp³-hybridized carbons (Fsp3) is 0.222. The van der Waals surface area contributed by atoms with Crippen LogP contribution in [0.4, 0.5) is 0 Å². The molecule has 0 amide bonds. The molecule has 0 aliphatic carbocycles. The first-order chi connectivity index (χ1) is 11.3. The Morgan fingerprint density at radius 3 is 2.36 bits per heavy atom. The van der Waals surface area contributed by atoms with Gasteiger partial charge in [0, 0.05) is 16.5 Å². The van der Waals surface area contributed by atoms with Crippen LogP contribution in [0.5, 0.6) is 0 Å². The topological polar surface area (TPSA) is 101 Å². The summed E-state index contributed by atoms with van der Waals surface area (Å²) in [5.74, 6) is -2.28. The number of aryl methyl sites for hydroxylation is 1. The van der Waals surface area contributed by atoms with E-state index in [0.29, 0.717) is 16.1 Å². The standard InChI is InChI=1S/C18H18ClNO4.ClH/c1-10-2-3-12(18(23)24)7-14(10)15-6-11(4-5-16(15)19)13(9-20)8-17(21)22;/h2-7,13H,8-9,20H2,1H3,(H,21,22)(H,23,24);1H/t13-;/m0./s1. The van der Waals surface area contributed by atoms with E-state index in [1.807, 2.05) is 6.92 Å². The van der Waals surface area contributed by atoms with Crippen LogP contribution < -0.4 is 5.73 Å². The van der Waals surface area contributed by atoms with Crippen LogP contribution in [-0.2, 0) is 4.79 Å². The van der Waals surface area contributed by atoms with Crippen molar-refractivity contribution >= 4 is 35.9 Å². The van der Waals surface area contributed by atoms with Gasteiger partial charge in [-0.25, -0.2) is 4.79 Å². The Bertz CT molecular complexity index is 793. The van der Waals surface area contributed by atoms with Crippen molar-refractivity contribution in [2.45, 2.75) is 19.3 Å². The van der Waals surface area contributed by atoms with E-state index in [0.717, 1.165) is 11.1 Å². The fourth-order valence-electron chi connectivity index (χ4n) is 2.60. The summed E-state index contributed by atoms with van der Waals surface area (Å²) in [6, 6.07) is 10.0. The molecule has 0 aliphatic heterocycles. The molecule has 0 saturated heterocycles. The number of carbonyl (C=O) groups is 2. The summed E-state index contributed by atoms with van der Waals surface area (Å²) in [5, 5.41) is 18.7. The van der Waals surface area contributed by atoms with Crippen LogP contribution in [0.15, 0.2) is 36.4 Å². The second-order valence-corrected chi connectivity index (χ2v) is 6.01. The molecule has 2 aromatic carbocycles. The number of nitrogens with two attached hydrogens (primary N) is 1. The van der Waals surface area contributed by atoms with Crippen molar-refractivity contribution in [2.24, 2.45) is 5.73 Å². The summed E-state index contributed by atoms with van der Waals surface area (Å²) >= 11 is 6.29. The van der Waals surface area contributed by atoms with E-state index in [4.69, 9.17) is 22.4 Å². The number of benzene rings is 2. The van der Waals surface area contributed by atoms with Gasteiger partial charge in [-0.05, 0) is 54.4 Å². The van der Waals surface area contributed by atoms with Gasteiger partial charge in [-0.3, -0.25) is 4.79 Å². The van der Waals surface area contributed by atoms with E-state index in [1.54, 1.807) is 30.3 Å². The third-order valence-electron chi connectivity index (χ3n) is 3.94. The van der Waals surface area contributed by atoms with Gasteiger partial charge in [0.1, 0.15) is 0 Å². The van der Waals surface area contributed by atoms with Crippen molar-refractivity contribution in [3.8, 4) is 11.1 Å². The highest BCUT2D eigenvalue weighted by Gasteiger charge is 2.17. The quantitative estimate of drug-likeness (QED) is 0.700. The Hall–Kier alpha value is -2.08. The predicted molar refractivity (Wildman–Crippen MR) is 99.9 cm³/mol. The van der Waals surface area contributed by atoms with E-state index in [2.05, 4.69) is 0 Å². The monoisotopic (exact) mass is 383 g/mol. The van der Waals surface area contributed by atoms with Crippen molar-refractivity contribution in [1.29, 1.82) is 0 Å². The average Bonchev–Trinajstić information content (AvgIpc) is 2.53. The predicted octanol–water partition coefficient (Wildman–Crippen LogP) is 3.95. The van der Waals surface area contributed by atoms with Gasteiger partial charge < -0.3 is 15.9 Å². The molecule has 0 fully saturated rings. The molecular weight excluding hydrogens is 365 g/mol. The molecule has 0 aromatic heterocycles. The maximum absolute atomic E-state index is 11.2. The molecule has 0 radical (unpaired) electrons. The molecule has 0 unspecified atom stereocenters. The Kier molecular flexibility index (Phi) is 7.42. The summed E-state index contributed by atoms with van der Waals surface area (Å²) in [6.07, 6.45) is -0.0777. The van der Waals surface area contributed by atoms with E-state index >= 15 is 0 Å². The molecule has 1 atom stereocenters. The zero-order valence-corrected chi connectivity index (χ0v) is 15.1. The largest absolute Gasteiger partial charge is 0.481 e. The zero-order chi connectivity index (χ0) is 17.9. The molecule has 25 heavy (non-hydrogen) atoms. The highest BCUT2D eigenvalue weighted by atomic mass is 35.5. The molecule has 0 saturated carbocycles. The minimum absolute atomic E-state index is 0. The van der Waals surface area contributed by atoms with Crippen LogP contribution in [0, 0.1) is 6.92 Å². The lowest BCUT2D eigenvalue weighted by Gasteiger charge is -2.16. The van der Waals surface area contributed by atoms with Crippen LogP contribution >= 0.6 is 24.0 Å². The van der Waals surface area contributed by atoms with E-state index in [1.165, 1.54) is 6.07 Å². The number of aliphatic carboxylic acids is 1. The van der Waals surface area contributed by atoms with E-state index < -0.39 is 11.9 Å². The average molecular weight is 384 g/mol. The van der Waals surface area contributed by atoms with Crippen LogP contribution in [0.1, 0.15) is 33.8 Å². The summed E-state index contributed by atoms with van der Waals surface area (Å²) < 4.78 is 0. The van der Waals surface area contributed by atoms with Crippen molar-refractivity contribution in [3.63, 3.8) is 0 Å². The van der Waals surface area contributed by atoms with E-state index in [9.17, 15) is 14.7 Å². The van der Waals surface area contributed by atoms with Gasteiger partial charge in [0.05, 0.1) is 12.0 Å². The van der Waals surface area contributed by atoms with Gasteiger partial charge in [-0.2, -0.15) is 0 Å². The molecule has 0 bridgehead atoms. The second kappa shape index (κ2) is 8.85. The van der Waals surface area contributed by atoms with Gasteiger partial charge in [-0.15, -0.1) is 12.4 Å². The molecule has 7 heteroatoms. The minimum Gasteiger partial charge on any atom is -0.481 e. The molecule has 0 heterocycles. The van der Waals surface area contributed by atoms with E-state index in [-0.39, 0.29) is 36.9 Å². The normalized spacial score (nSPS) is 11.5. The Labute approximate surface area is 156 Å². The zero-order valence-electron chi connectivity index (χ0n) is 13.5. The third kappa shape index (κ3) is 4.95. The molecular formula is C18H19Cl2NO4. The summed E-state index contributed by atoms with van der Waals surface area (Å²) in [7, 11) is 0. The van der Waals surface area contributed by atoms with Crippen LogP contribution in [0.25, 0.3) is 11.1 Å². The number of aromatic carboxylic acids is 1. The molecule has 2 aromatic rings. The molecule has 0 aliphatic rings. The first kappa shape index (κ1) is 21.0. The van der Waals surface area contributed by atoms with Crippen molar-refractivity contribution in [1.82, 2.24) is 0 Å². The Morgan fingerprint density at radius 2 is 1.80 bits per heavy atom. The summed E-state index contributed by atoms with van der Waals surface area (Å²) in [4.78, 5) is 22.2. The molecule has 134 valence electrons. The maximum atomic E-state index is 11.2. The van der Waals surface area contributed by atoms with Gasteiger partial charge in [-0.1, -0.05) is 23.7 Å². The maximum Gasteiger partial charge on any atom is 0.335 e. The third-order valence-corrected chi connectivity index (χ3v) is 4.27.